The third-order valence-corrected chi connectivity index (χ3v) is 11.3. The third kappa shape index (κ3) is 3.86. The lowest BCUT2D eigenvalue weighted by Crippen LogP contribution is -2.52. The normalized spacial score (nSPS) is 45.4. The summed E-state index contributed by atoms with van der Waals surface area (Å²) < 4.78 is 0. The van der Waals surface area contributed by atoms with Crippen molar-refractivity contribution in [1.82, 2.24) is 0 Å². The first-order chi connectivity index (χ1) is 15.1. The lowest BCUT2D eigenvalue weighted by molar-refractivity contribution is -0.0673. The van der Waals surface area contributed by atoms with Crippen molar-refractivity contribution in [3.63, 3.8) is 0 Å². The van der Waals surface area contributed by atoms with Gasteiger partial charge in [0.25, 0.3) is 0 Å². The van der Waals surface area contributed by atoms with E-state index in [4.69, 9.17) is 0 Å². The van der Waals surface area contributed by atoms with Gasteiger partial charge in [0, 0.05) is 0 Å². The molecule has 32 heavy (non-hydrogen) atoms. The van der Waals surface area contributed by atoms with E-state index in [1.165, 1.54) is 32.1 Å². The fraction of sp³-hybridized carbons (Fsp3) is 0.867. The minimum atomic E-state index is -0.466. The lowest BCUT2D eigenvalue weighted by atomic mass is 9.46. The molecule has 0 spiro atoms. The van der Waals surface area contributed by atoms with Crippen molar-refractivity contribution in [2.45, 2.75) is 117 Å². The fourth-order valence-corrected chi connectivity index (χ4v) is 8.97. The van der Waals surface area contributed by atoms with Crippen molar-refractivity contribution in [2.24, 2.45) is 46.3 Å². The van der Waals surface area contributed by atoms with Crippen LogP contribution in [0.25, 0.3) is 0 Å². The van der Waals surface area contributed by atoms with Gasteiger partial charge in [-0.15, -0.1) is 6.58 Å². The van der Waals surface area contributed by atoms with Crippen molar-refractivity contribution in [2.75, 3.05) is 0 Å². The first kappa shape index (κ1) is 24.5. The van der Waals surface area contributed by atoms with Crippen LogP contribution in [0.4, 0.5) is 0 Å². The highest BCUT2D eigenvalue weighted by Crippen LogP contribution is 2.68. The van der Waals surface area contributed by atoms with Crippen LogP contribution in [0, 0.1) is 46.3 Å². The van der Waals surface area contributed by atoms with Crippen LogP contribution in [0.2, 0.25) is 0 Å². The molecule has 2 nitrogen and oxygen atoms in total. The highest BCUT2D eigenvalue weighted by atomic mass is 16.3. The van der Waals surface area contributed by atoms with Crippen LogP contribution in [0.15, 0.2) is 24.3 Å². The molecule has 0 saturated heterocycles. The molecule has 0 amide bonds. The Labute approximate surface area is 198 Å². The van der Waals surface area contributed by atoms with E-state index >= 15 is 0 Å². The Bertz CT molecular complexity index is 724. The summed E-state index contributed by atoms with van der Waals surface area (Å²) in [6.45, 7) is 15.8. The number of hydrogen-bond donors (Lipinski definition) is 2. The van der Waals surface area contributed by atoms with E-state index in [2.05, 4.69) is 53.3 Å². The SMILES string of the molecule is C=C[C@]12CC[C@H]3[C@@H](CC=C4C[C@](O)(CC)CC[C@@]43C)[C@@H]1CC[C@@H]2[C@H](C)CC[C@@H](O)C(C)C. The maximum absolute atomic E-state index is 11.0. The molecule has 0 bridgehead atoms. The van der Waals surface area contributed by atoms with E-state index < -0.39 is 5.60 Å². The average Bonchev–Trinajstić information content (AvgIpc) is 3.18. The van der Waals surface area contributed by atoms with Gasteiger partial charge in [0.05, 0.1) is 11.7 Å². The molecule has 4 rings (SSSR count). The van der Waals surface area contributed by atoms with E-state index in [9.17, 15) is 10.2 Å². The maximum Gasteiger partial charge on any atom is 0.0682 e. The zero-order valence-corrected chi connectivity index (χ0v) is 21.6. The summed E-state index contributed by atoms with van der Waals surface area (Å²) in [7, 11) is 0. The molecular formula is C30H50O2. The molecule has 4 aliphatic rings. The zero-order valence-electron chi connectivity index (χ0n) is 21.6. The summed E-state index contributed by atoms with van der Waals surface area (Å²) in [6.07, 6.45) is 17.3. The molecule has 0 unspecified atom stereocenters. The summed E-state index contributed by atoms with van der Waals surface area (Å²) in [5.41, 5.74) is 1.70. The van der Waals surface area contributed by atoms with E-state index in [1.807, 2.05) is 0 Å². The van der Waals surface area contributed by atoms with Crippen LogP contribution < -0.4 is 0 Å². The monoisotopic (exact) mass is 442 g/mol. The van der Waals surface area contributed by atoms with Gasteiger partial charge in [0.2, 0.25) is 0 Å². The topological polar surface area (TPSA) is 40.5 Å². The quantitative estimate of drug-likeness (QED) is 0.406. The second kappa shape index (κ2) is 8.88. The number of rotatable bonds is 7. The second-order valence-corrected chi connectivity index (χ2v) is 12.9. The number of aliphatic hydroxyl groups excluding tert-OH is 1. The molecule has 0 aromatic heterocycles. The molecule has 0 aromatic carbocycles. The number of allylic oxidation sites excluding steroid dienone is 2. The van der Waals surface area contributed by atoms with Gasteiger partial charge in [0.15, 0.2) is 0 Å². The van der Waals surface area contributed by atoms with Crippen LogP contribution in [-0.4, -0.2) is 21.9 Å². The predicted octanol–water partition coefficient (Wildman–Crippen LogP) is 7.31. The zero-order chi connectivity index (χ0) is 23.3. The molecule has 3 saturated carbocycles. The van der Waals surface area contributed by atoms with Crippen molar-refractivity contribution in [3.05, 3.63) is 24.3 Å². The van der Waals surface area contributed by atoms with Crippen LogP contribution >= 0.6 is 0 Å². The minimum Gasteiger partial charge on any atom is -0.393 e. The summed E-state index contributed by atoms with van der Waals surface area (Å²) in [4.78, 5) is 0. The third-order valence-electron chi connectivity index (χ3n) is 11.3. The van der Waals surface area contributed by atoms with Gasteiger partial charge >= 0.3 is 0 Å². The molecule has 2 heteroatoms. The predicted molar refractivity (Wildman–Crippen MR) is 134 cm³/mol. The van der Waals surface area contributed by atoms with Gasteiger partial charge in [-0.1, -0.05) is 52.3 Å². The Kier molecular flexibility index (Phi) is 6.80. The Balaban J connectivity index is 1.53. The van der Waals surface area contributed by atoms with E-state index in [1.54, 1.807) is 5.57 Å². The highest BCUT2D eigenvalue weighted by molar-refractivity contribution is 5.28. The van der Waals surface area contributed by atoms with Crippen LogP contribution in [-0.2, 0) is 0 Å². The second-order valence-electron chi connectivity index (χ2n) is 12.9. The molecule has 3 fully saturated rings. The summed E-state index contributed by atoms with van der Waals surface area (Å²) >= 11 is 0. The summed E-state index contributed by atoms with van der Waals surface area (Å²) in [5.74, 6) is 4.05. The van der Waals surface area contributed by atoms with Gasteiger partial charge in [0.1, 0.15) is 0 Å². The summed E-state index contributed by atoms with van der Waals surface area (Å²) in [5, 5.41) is 21.4. The smallest absolute Gasteiger partial charge is 0.0682 e. The van der Waals surface area contributed by atoms with Gasteiger partial charge in [-0.05, 0) is 117 Å². The van der Waals surface area contributed by atoms with E-state index in [0.29, 0.717) is 22.7 Å². The Morgan fingerprint density at radius 2 is 1.84 bits per heavy atom. The maximum atomic E-state index is 11.0. The number of aliphatic hydroxyl groups is 2. The van der Waals surface area contributed by atoms with Crippen LogP contribution in [0.3, 0.4) is 0 Å². The molecule has 0 radical (unpaired) electrons. The highest BCUT2D eigenvalue weighted by Gasteiger charge is 2.60. The number of fused-ring (bicyclic) bond motifs is 5. The molecule has 182 valence electrons. The number of hydrogen-bond acceptors (Lipinski definition) is 2. The van der Waals surface area contributed by atoms with Gasteiger partial charge in [-0.2, -0.15) is 0 Å². The first-order valence-electron chi connectivity index (χ1n) is 13.8. The van der Waals surface area contributed by atoms with Crippen molar-refractivity contribution in [3.8, 4) is 0 Å². The average molecular weight is 443 g/mol. The van der Waals surface area contributed by atoms with Crippen molar-refractivity contribution >= 4 is 0 Å². The molecule has 0 heterocycles. The lowest BCUT2D eigenvalue weighted by Gasteiger charge is -2.59. The molecule has 9 atom stereocenters. The van der Waals surface area contributed by atoms with Gasteiger partial charge in [-0.25, -0.2) is 0 Å². The van der Waals surface area contributed by atoms with E-state index in [-0.39, 0.29) is 6.10 Å². The van der Waals surface area contributed by atoms with Gasteiger partial charge < -0.3 is 10.2 Å². The van der Waals surface area contributed by atoms with Crippen molar-refractivity contribution < 1.29 is 10.2 Å². The standard InChI is InChI=1S/C30H50O2/c1-7-29(32)18-17-28(6)22(19-29)10-11-23-25(28)15-16-30(8-2)24(12-13-26(23)30)21(5)9-14-27(31)20(3)4/h8,10,20-21,23-27,31-32H,2,7,9,11-19H2,1,3-6H3/t21-,23-,24-,25+,26+,27-,28+,29+,30-/m1/s1. The Morgan fingerprint density at radius 1 is 1.09 bits per heavy atom. The molecule has 0 aromatic rings. The van der Waals surface area contributed by atoms with Crippen LogP contribution in [0.1, 0.15) is 105 Å². The van der Waals surface area contributed by atoms with Gasteiger partial charge in [-0.3, -0.25) is 0 Å². The summed E-state index contributed by atoms with van der Waals surface area (Å²) in [6, 6.07) is 0. The molecule has 2 N–H and O–H groups in total. The Hall–Kier alpha value is -0.600. The molecule has 0 aliphatic heterocycles. The fourth-order valence-electron chi connectivity index (χ4n) is 8.97. The molecule has 4 aliphatic carbocycles. The Morgan fingerprint density at radius 3 is 2.50 bits per heavy atom. The molecular weight excluding hydrogens is 392 g/mol. The van der Waals surface area contributed by atoms with Crippen molar-refractivity contribution in [1.29, 1.82) is 0 Å². The van der Waals surface area contributed by atoms with E-state index in [0.717, 1.165) is 62.2 Å². The minimum absolute atomic E-state index is 0.167. The van der Waals surface area contributed by atoms with Crippen LogP contribution in [0.5, 0.6) is 0 Å². The first-order valence-corrected chi connectivity index (χ1v) is 13.8. The largest absolute Gasteiger partial charge is 0.393 e.